The molecule has 1 spiro atoms. The number of benzene rings is 2. The van der Waals surface area contributed by atoms with Gasteiger partial charge < -0.3 is 4.90 Å². The Bertz CT molecular complexity index is 983. The highest BCUT2D eigenvalue weighted by molar-refractivity contribution is 7.88. The number of nitrogens with zero attached hydrogens (tertiary/aromatic N) is 2. The maximum absolute atomic E-state index is 12.9. The Morgan fingerprint density at radius 3 is 2.18 bits per heavy atom. The molecule has 1 amide bonds. The average Bonchev–Trinajstić information content (AvgIpc) is 3.21. The lowest BCUT2D eigenvalue weighted by Gasteiger charge is -2.24. The van der Waals surface area contributed by atoms with Crippen LogP contribution >= 0.6 is 0 Å². The summed E-state index contributed by atoms with van der Waals surface area (Å²) in [6.45, 7) is 5.51. The maximum atomic E-state index is 12.9. The quantitative estimate of drug-likeness (QED) is 0.794. The van der Waals surface area contributed by atoms with E-state index in [2.05, 4.69) is 0 Å². The summed E-state index contributed by atoms with van der Waals surface area (Å²) < 4.78 is 27.4. The Morgan fingerprint density at radius 2 is 1.54 bits per heavy atom. The Kier molecular flexibility index (Phi) is 4.79. The van der Waals surface area contributed by atoms with E-state index >= 15 is 0 Å². The van der Waals surface area contributed by atoms with E-state index in [0.717, 1.165) is 28.8 Å². The van der Waals surface area contributed by atoms with E-state index in [4.69, 9.17) is 0 Å². The molecule has 0 aromatic heterocycles. The van der Waals surface area contributed by atoms with Crippen molar-refractivity contribution in [1.82, 2.24) is 4.31 Å². The number of sulfonamides is 1. The van der Waals surface area contributed by atoms with Crippen molar-refractivity contribution in [2.75, 3.05) is 24.5 Å². The number of aryl methyl sites for hydroxylation is 2. The molecule has 5 nitrogen and oxygen atoms in total. The maximum Gasteiger partial charge on any atom is 0.227 e. The van der Waals surface area contributed by atoms with Crippen LogP contribution in [-0.4, -0.2) is 38.3 Å². The third kappa shape index (κ3) is 3.71. The highest BCUT2D eigenvalue weighted by atomic mass is 32.2. The number of hydrogen-bond acceptors (Lipinski definition) is 3. The van der Waals surface area contributed by atoms with Gasteiger partial charge in [-0.15, -0.1) is 0 Å². The first kappa shape index (κ1) is 19.2. The van der Waals surface area contributed by atoms with Crippen molar-refractivity contribution in [1.29, 1.82) is 0 Å². The van der Waals surface area contributed by atoms with E-state index in [-0.39, 0.29) is 17.1 Å². The van der Waals surface area contributed by atoms with Gasteiger partial charge in [-0.3, -0.25) is 4.79 Å². The van der Waals surface area contributed by atoms with Gasteiger partial charge in [-0.25, -0.2) is 12.7 Å². The van der Waals surface area contributed by atoms with Gasteiger partial charge in [0.15, 0.2) is 0 Å². The van der Waals surface area contributed by atoms with E-state index in [1.165, 1.54) is 0 Å². The van der Waals surface area contributed by atoms with Crippen LogP contribution in [0.25, 0.3) is 0 Å². The molecule has 2 aliphatic heterocycles. The minimum atomic E-state index is -3.39. The second kappa shape index (κ2) is 7.01. The second-order valence-electron chi connectivity index (χ2n) is 8.32. The van der Waals surface area contributed by atoms with E-state index in [1.807, 2.05) is 67.3 Å². The van der Waals surface area contributed by atoms with Crippen molar-refractivity contribution in [3.05, 3.63) is 65.2 Å². The smallest absolute Gasteiger partial charge is 0.227 e. The fraction of sp³-hybridized carbons (Fsp3) is 0.409. The van der Waals surface area contributed by atoms with E-state index in [1.54, 1.807) is 4.31 Å². The lowest BCUT2D eigenvalue weighted by atomic mass is 9.86. The molecule has 2 heterocycles. The summed E-state index contributed by atoms with van der Waals surface area (Å²) in [5.41, 5.74) is 3.69. The van der Waals surface area contributed by atoms with Crippen LogP contribution < -0.4 is 4.90 Å². The van der Waals surface area contributed by atoms with Crippen molar-refractivity contribution in [2.24, 2.45) is 5.41 Å². The van der Waals surface area contributed by atoms with Crippen LogP contribution in [0, 0.1) is 19.3 Å². The van der Waals surface area contributed by atoms with Crippen LogP contribution in [0.2, 0.25) is 0 Å². The van der Waals surface area contributed by atoms with Gasteiger partial charge in [-0.2, -0.15) is 0 Å². The molecule has 6 heteroatoms. The number of carbonyl (C=O) groups excluding carboxylic acids is 1. The monoisotopic (exact) mass is 398 g/mol. The van der Waals surface area contributed by atoms with Gasteiger partial charge in [0.1, 0.15) is 0 Å². The van der Waals surface area contributed by atoms with E-state index in [9.17, 15) is 13.2 Å². The van der Waals surface area contributed by atoms with Gasteiger partial charge in [0.25, 0.3) is 0 Å². The van der Waals surface area contributed by atoms with Gasteiger partial charge in [-0.05, 0) is 38.0 Å². The van der Waals surface area contributed by atoms with Crippen LogP contribution in [0.1, 0.15) is 29.5 Å². The molecule has 0 saturated carbocycles. The molecule has 1 atom stereocenters. The zero-order valence-corrected chi connectivity index (χ0v) is 17.2. The number of amides is 1. The molecule has 148 valence electrons. The first-order valence-corrected chi connectivity index (χ1v) is 11.3. The lowest BCUT2D eigenvalue weighted by Crippen LogP contribution is -2.34. The minimum Gasteiger partial charge on any atom is -0.312 e. The zero-order valence-electron chi connectivity index (χ0n) is 16.4. The average molecular weight is 399 g/mol. The summed E-state index contributed by atoms with van der Waals surface area (Å²) in [5.74, 6) is 0.0977. The summed E-state index contributed by atoms with van der Waals surface area (Å²) in [6, 6.07) is 15.5. The molecular formula is C22H26N2O3S. The molecule has 0 radical (unpaired) electrons. The van der Waals surface area contributed by atoms with Crippen LogP contribution in [-0.2, 0) is 20.6 Å². The third-order valence-corrected chi connectivity index (χ3v) is 7.73. The second-order valence-corrected chi connectivity index (χ2v) is 10.3. The van der Waals surface area contributed by atoms with Gasteiger partial charge in [0, 0.05) is 37.2 Å². The molecule has 0 aliphatic carbocycles. The van der Waals surface area contributed by atoms with Gasteiger partial charge >= 0.3 is 0 Å². The molecule has 28 heavy (non-hydrogen) atoms. The van der Waals surface area contributed by atoms with E-state index < -0.39 is 10.0 Å². The summed E-state index contributed by atoms with van der Waals surface area (Å²) in [7, 11) is -3.39. The Balaban J connectivity index is 1.48. The summed E-state index contributed by atoms with van der Waals surface area (Å²) in [6.07, 6.45) is 1.14. The normalized spacial score (nSPS) is 23.1. The number of carbonyl (C=O) groups is 1. The Morgan fingerprint density at radius 1 is 0.929 bits per heavy atom. The van der Waals surface area contributed by atoms with Gasteiger partial charge in [-0.1, -0.05) is 47.5 Å². The fourth-order valence-electron chi connectivity index (χ4n) is 4.25. The SMILES string of the molecule is Cc1ccc(CS(=O)(=O)N2CC[C@@]3(CC(=O)N(c4ccc(C)cc4)C3)C2)cc1. The number of anilines is 1. The predicted octanol–water partition coefficient (Wildman–Crippen LogP) is 3.26. The first-order chi connectivity index (χ1) is 13.3. The summed E-state index contributed by atoms with van der Waals surface area (Å²) in [5, 5.41) is 0. The van der Waals surface area contributed by atoms with Gasteiger partial charge in [0.05, 0.1) is 5.75 Å². The predicted molar refractivity (Wildman–Crippen MR) is 111 cm³/mol. The fourth-order valence-corrected chi connectivity index (χ4v) is 5.88. The highest BCUT2D eigenvalue weighted by Gasteiger charge is 2.50. The molecule has 0 bridgehead atoms. The molecule has 2 aliphatic rings. The molecule has 0 N–H and O–H groups in total. The summed E-state index contributed by atoms with van der Waals surface area (Å²) in [4.78, 5) is 14.5. The molecular weight excluding hydrogens is 372 g/mol. The molecule has 2 aromatic rings. The summed E-state index contributed by atoms with van der Waals surface area (Å²) >= 11 is 0. The third-order valence-electron chi connectivity index (χ3n) is 5.93. The largest absolute Gasteiger partial charge is 0.312 e. The minimum absolute atomic E-state index is 0.0129. The van der Waals surface area contributed by atoms with Crippen molar-refractivity contribution < 1.29 is 13.2 Å². The Hall–Kier alpha value is -2.18. The molecule has 2 aromatic carbocycles. The zero-order chi connectivity index (χ0) is 19.9. The molecule has 0 unspecified atom stereocenters. The van der Waals surface area contributed by atoms with Crippen LogP contribution in [0.15, 0.2) is 48.5 Å². The molecule has 2 fully saturated rings. The lowest BCUT2D eigenvalue weighted by molar-refractivity contribution is -0.117. The van der Waals surface area contributed by atoms with Crippen molar-refractivity contribution in [2.45, 2.75) is 32.4 Å². The van der Waals surface area contributed by atoms with Crippen LogP contribution in [0.3, 0.4) is 0 Å². The van der Waals surface area contributed by atoms with E-state index in [0.29, 0.717) is 26.1 Å². The Labute approximate surface area is 167 Å². The number of rotatable bonds is 4. The highest BCUT2D eigenvalue weighted by Crippen LogP contribution is 2.42. The van der Waals surface area contributed by atoms with Crippen molar-refractivity contribution >= 4 is 21.6 Å². The standard InChI is InChI=1S/C22H26N2O3S/c1-17-3-7-19(8-4-17)14-28(26,27)23-12-11-22(15-23)13-21(25)24(16-22)20-9-5-18(2)6-10-20/h3-10H,11-16H2,1-2H3/t22-/m1/s1. The first-order valence-electron chi connectivity index (χ1n) is 9.67. The van der Waals surface area contributed by atoms with Crippen molar-refractivity contribution in [3.8, 4) is 0 Å². The molecule has 4 rings (SSSR count). The molecule has 2 saturated heterocycles. The topological polar surface area (TPSA) is 57.7 Å². The number of hydrogen-bond donors (Lipinski definition) is 0. The van der Waals surface area contributed by atoms with Crippen molar-refractivity contribution in [3.63, 3.8) is 0 Å². The van der Waals surface area contributed by atoms with Crippen LogP contribution in [0.4, 0.5) is 5.69 Å². The van der Waals surface area contributed by atoms with Gasteiger partial charge in [0.2, 0.25) is 15.9 Å². The van der Waals surface area contributed by atoms with Crippen LogP contribution in [0.5, 0.6) is 0 Å².